The normalized spacial score (nSPS) is 14.9. The molecule has 2 aromatic rings. The summed E-state index contributed by atoms with van der Waals surface area (Å²) in [5, 5.41) is 5.76. The highest BCUT2D eigenvalue weighted by Crippen LogP contribution is 2.38. The minimum Gasteiger partial charge on any atom is -0.492 e. The van der Waals surface area contributed by atoms with Crippen molar-refractivity contribution in [2.24, 2.45) is 5.92 Å². The third kappa shape index (κ3) is 6.48. The van der Waals surface area contributed by atoms with Gasteiger partial charge in [-0.15, -0.1) is 0 Å². The highest BCUT2D eigenvalue weighted by Gasteiger charge is 2.29. The van der Waals surface area contributed by atoms with Crippen molar-refractivity contribution in [3.8, 4) is 11.5 Å². The molecule has 1 saturated heterocycles. The highest BCUT2D eigenvalue weighted by molar-refractivity contribution is 7.88. The number of piperidine rings is 1. The molecule has 1 aliphatic heterocycles. The maximum Gasteiger partial charge on any atom is 0.255 e. The SMILES string of the molecule is CCOc1cc(NC(=O)C2CCN(S(C)(=O)=O)CC2)c(OCC)cc1NC(=O)c1ccccc1. The Hall–Kier alpha value is -3.11. The van der Waals surface area contributed by atoms with Crippen LogP contribution in [0.4, 0.5) is 11.4 Å². The van der Waals surface area contributed by atoms with Crippen molar-refractivity contribution >= 4 is 33.2 Å². The van der Waals surface area contributed by atoms with E-state index in [4.69, 9.17) is 9.47 Å². The van der Waals surface area contributed by atoms with E-state index in [0.29, 0.717) is 67.6 Å². The molecule has 0 radical (unpaired) electrons. The zero-order chi connectivity index (χ0) is 24.7. The molecule has 3 rings (SSSR count). The molecule has 0 aromatic heterocycles. The van der Waals surface area contributed by atoms with Crippen molar-refractivity contribution in [1.29, 1.82) is 0 Å². The molecule has 0 spiro atoms. The van der Waals surface area contributed by atoms with Gasteiger partial charge in [0.1, 0.15) is 11.5 Å². The largest absolute Gasteiger partial charge is 0.492 e. The number of hydrogen-bond acceptors (Lipinski definition) is 6. The number of sulfonamides is 1. The first kappa shape index (κ1) is 25.5. The molecule has 0 bridgehead atoms. The van der Waals surface area contributed by atoms with Crippen molar-refractivity contribution in [3.05, 3.63) is 48.0 Å². The fraction of sp³-hybridized carbons (Fsp3) is 0.417. The van der Waals surface area contributed by atoms with Gasteiger partial charge < -0.3 is 20.1 Å². The van der Waals surface area contributed by atoms with Crippen LogP contribution < -0.4 is 20.1 Å². The predicted molar refractivity (Wildman–Crippen MR) is 131 cm³/mol. The standard InChI is InChI=1S/C24H31N3O6S/c1-4-32-21-16-20(26-24(29)18-11-13-27(14-12-18)34(3,30)31)22(33-5-2)15-19(21)25-23(28)17-9-7-6-8-10-17/h6-10,15-16,18H,4-5,11-14H2,1-3H3,(H,25,28)(H,26,29). The summed E-state index contributed by atoms with van der Waals surface area (Å²) in [5.41, 5.74) is 1.36. The number of anilines is 2. The van der Waals surface area contributed by atoms with Gasteiger partial charge in [-0.2, -0.15) is 0 Å². The first-order valence-electron chi connectivity index (χ1n) is 11.3. The smallest absolute Gasteiger partial charge is 0.255 e. The highest BCUT2D eigenvalue weighted by atomic mass is 32.2. The number of benzene rings is 2. The third-order valence-electron chi connectivity index (χ3n) is 5.52. The van der Waals surface area contributed by atoms with Crippen molar-refractivity contribution in [1.82, 2.24) is 4.31 Å². The van der Waals surface area contributed by atoms with Gasteiger partial charge in [-0.05, 0) is 38.8 Å². The first-order chi connectivity index (χ1) is 16.2. The number of rotatable bonds is 9. The molecule has 0 saturated carbocycles. The molecule has 0 atom stereocenters. The Morgan fingerprint density at radius 3 is 1.97 bits per heavy atom. The van der Waals surface area contributed by atoms with E-state index in [1.807, 2.05) is 19.9 Å². The lowest BCUT2D eigenvalue weighted by atomic mass is 9.97. The molecule has 0 unspecified atom stereocenters. The number of carbonyl (C=O) groups is 2. The van der Waals surface area contributed by atoms with E-state index in [0.717, 1.165) is 0 Å². The lowest BCUT2D eigenvalue weighted by Crippen LogP contribution is -2.40. The molecule has 1 fully saturated rings. The predicted octanol–water partition coefficient (Wildman–Crippen LogP) is 3.35. The second-order valence-electron chi connectivity index (χ2n) is 7.96. The van der Waals surface area contributed by atoms with E-state index in [9.17, 15) is 18.0 Å². The summed E-state index contributed by atoms with van der Waals surface area (Å²) in [6, 6.07) is 12.1. The Morgan fingerprint density at radius 2 is 1.47 bits per heavy atom. The summed E-state index contributed by atoms with van der Waals surface area (Å²) in [7, 11) is -3.26. The quantitative estimate of drug-likeness (QED) is 0.558. The summed E-state index contributed by atoms with van der Waals surface area (Å²) in [6.45, 7) is 4.99. The Balaban J connectivity index is 1.80. The van der Waals surface area contributed by atoms with Gasteiger partial charge >= 0.3 is 0 Å². The van der Waals surface area contributed by atoms with E-state index in [2.05, 4.69) is 10.6 Å². The number of ether oxygens (including phenoxy) is 2. The summed E-state index contributed by atoms with van der Waals surface area (Å²) in [6.07, 6.45) is 2.05. The van der Waals surface area contributed by atoms with Crippen LogP contribution in [-0.2, 0) is 14.8 Å². The van der Waals surface area contributed by atoms with E-state index < -0.39 is 10.0 Å². The van der Waals surface area contributed by atoms with E-state index in [-0.39, 0.29) is 17.7 Å². The molecule has 10 heteroatoms. The molecular weight excluding hydrogens is 458 g/mol. The molecule has 34 heavy (non-hydrogen) atoms. The van der Waals surface area contributed by atoms with Crippen LogP contribution in [0.25, 0.3) is 0 Å². The minimum absolute atomic E-state index is 0.211. The van der Waals surface area contributed by atoms with E-state index in [1.54, 1.807) is 36.4 Å². The van der Waals surface area contributed by atoms with Crippen molar-refractivity contribution < 1.29 is 27.5 Å². The Labute approximate surface area is 200 Å². The summed E-state index contributed by atoms with van der Waals surface area (Å²) in [5.74, 6) is -0.0230. The maximum atomic E-state index is 13.0. The number of carbonyl (C=O) groups excluding carboxylic acids is 2. The molecule has 2 aromatic carbocycles. The Bertz CT molecular complexity index is 1110. The topological polar surface area (TPSA) is 114 Å². The number of nitrogens with zero attached hydrogens (tertiary/aromatic N) is 1. The zero-order valence-corrected chi connectivity index (χ0v) is 20.5. The Morgan fingerprint density at radius 1 is 0.941 bits per heavy atom. The van der Waals surface area contributed by atoms with Crippen LogP contribution in [0.15, 0.2) is 42.5 Å². The Kier molecular flexibility index (Phi) is 8.51. The van der Waals surface area contributed by atoms with Gasteiger partial charge in [0.25, 0.3) is 5.91 Å². The fourth-order valence-electron chi connectivity index (χ4n) is 3.77. The molecule has 9 nitrogen and oxygen atoms in total. The average molecular weight is 490 g/mol. The van der Waals surface area contributed by atoms with Crippen molar-refractivity contribution in [2.75, 3.05) is 43.2 Å². The molecule has 1 heterocycles. The summed E-state index contributed by atoms with van der Waals surface area (Å²) < 4.78 is 36.3. The summed E-state index contributed by atoms with van der Waals surface area (Å²) in [4.78, 5) is 25.6. The number of hydrogen-bond donors (Lipinski definition) is 2. The average Bonchev–Trinajstić information content (AvgIpc) is 2.82. The fourth-order valence-corrected chi connectivity index (χ4v) is 4.65. The van der Waals surface area contributed by atoms with Gasteiger partial charge in [0, 0.05) is 36.7 Å². The monoisotopic (exact) mass is 489 g/mol. The molecular formula is C24H31N3O6S. The molecule has 184 valence electrons. The van der Waals surface area contributed by atoms with Crippen LogP contribution in [0.1, 0.15) is 37.0 Å². The van der Waals surface area contributed by atoms with Gasteiger partial charge in [-0.3, -0.25) is 9.59 Å². The second-order valence-corrected chi connectivity index (χ2v) is 9.94. The number of amides is 2. The molecule has 2 amide bonds. The van der Waals surface area contributed by atoms with Gasteiger partial charge in [-0.25, -0.2) is 12.7 Å². The van der Waals surface area contributed by atoms with E-state index in [1.165, 1.54) is 10.6 Å². The second kappa shape index (κ2) is 11.3. The lowest BCUT2D eigenvalue weighted by Gasteiger charge is -2.29. The maximum absolute atomic E-state index is 13.0. The van der Waals surface area contributed by atoms with Gasteiger partial charge in [0.05, 0.1) is 30.8 Å². The van der Waals surface area contributed by atoms with Crippen LogP contribution in [-0.4, -0.2) is 57.1 Å². The number of nitrogens with one attached hydrogen (secondary N) is 2. The van der Waals surface area contributed by atoms with E-state index >= 15 is 0 Å². The van der Waals surface area contributed by atoms with Crippen LogP contribution in [0.5, 0.6) is 11.5 Å². The molecule has 1 aliphatic rings. The summed E-state index contributed by atoms with van der Waals surface area (Å²) >= 11 is 0. The lowest BCUT2D eigenvalue weighted by molar-refractivity contribution is -0.120. The molecule has 0 aliphatic carbocycles. The van der Waals surface area contributed by atoms with Crippen LogP contribution in [0.2, 0.25) is 0 Å². The minimum atomic E-state index is -3.26. The van der Waals surface area contributed by atoms with Gasteiger partial charge in [0.2, 0.25) is 15.9 Å². The zero-order valence-electron chi connectivity index (χ0n) is 19.7. The van der Waals surface area contributed by atoms with Crippen LogP contribution in [0, 0.1) is 5.92 Å². The van der Waals surface area contributed by atoms with Crippen molar-refractivity contribution in [2.45, 2.75) is 26.7 Å². The molecule has 2 N–H and O–H groups in total. The first-order valence-corrected chi connectivity index (χ1v) is 13.1. The van der Waals surface area contributed by atoms with Gasteiger partial charge in [0.15, 0.2) is 0 Å². The van der Waals surface area contributed by atoms with Crippen LogP contribution in [0.3, 0.4) is 0 Å². The van der Waals surface area contributed by atoms with Crippen molar-refractivity contribution in [3.63, 3.8) is 0 Å². The third-order valence-corrected chi connectivity index (χ3v) is 6.82. The van der Waals surface area contributed by atoms with Crippen LogP contribution >= 0.6 is 0 Å². The van der Waals surface area contributed by atoms with Gasteiger partial charge in [-0.1, -0.05) is 18.2 Å².